The zero-order valence-electron chi connectivity index (χ0n) is 10.3. The molecule has 0 bridgehead atoms. The third kappa shape index (κ3) is 2.10. The van der Waals surface area contributed by atoms with E-state index in [0.29, 0.717) is 35.7 Å². The predicted molar refractivity (Wildman–Crippen MR) is 73.4 cm³/mol. The lowest BCUT2D eigenvalue weighted by molar-refractivity contribution is -0.116. The molecule has 6 heteroatoms. The van der Waals surface area contributed by atoms with Gasteiger partial charge in [-0.2, -0.15) is 5.26 Å². The number of amides is 1. The number of nitrogens with zero attached hydrogens (tertiary/aromatic N) is 2. The maximum absolute atomic E-state index is 11.9. The van der Waals surface area contributed by atoms with Gasteiger partial charge in [0.15, 0.2) is 0 Å². The van der Waals surface area contributed by atoms with Crippen molar-refractivity contribution in [1.29, 1.82) is 5.26 Å². The van der Waals surface area contributed by atoms with Crippen molar-refractivity contribution < 1.29 is 9.00 Å². The van der Waals surface area contributed by atoms with E-state index in [9.17, 15) is 9.00 Å². The van der Waals surface area contributed by atoms with Gasteiger partial charge in [0.1, 0.15) is 6.07 Å². The molecule has 19 heavy (non-hydrogen) atoms. The highest BCUT2D eigenvalue weighted by Gasteiger charge is 2.33. The average Bonchev–Trinajstić information content (AvgIpc) is 2.53. The van der Waals surface area contributed by atoms with Crippen LogP contribution in [0.1, 0.15) is 12.0 Å². The molecule has 2 aliphatic rings. The first kappa shape index (κ1) is 12.2. The second-order valence-electron chi connectivity index (χ2n) is 4.72. The molecule has 5 nitrogen and oxygen atoms in total. The van der Waals surface area contributed by atoms with Gasteiger partial charge in [-0.1, -0.05) is 6.07 Å². The number of hydrogen-bond acceptors (Lipinski definition) is 4. The number of carbonyl (C=O) groups excluding carboxylic acids is 1. The quantitative estimate of drug-likeness (QED) is 0.761. The van der Waals surface area contributed by atoms with E-state index in [4.69, 9.17) is 5.26 Å². The minimum atomic E-state index is -0.852. The molecule has 2 aliphatic heterocycles. The number of benzene rings is 1. The van der Waals surface area contributed by atoms with Gasteiger partial charge in [-0.3, -0.25) is 9.00 Å². The number of nitrogens with one attached hydrogen (secondary N) is 1. The van der Waals surface area contributed by atoms with Crippen LogP contribution in [0.25, 0.3) is 0 Å². The van der Waals surface area contributed by atoms with Crippen LogP contribution in [0, 0.1) is 11.3 Å². The van der Waals surface area contributed by atoms with Crippen molar-refractivity contribution in [1.82, 2.24) is 0 Å². The van der Waals surface area contributed by atoms with Crippen LogP contribution in [-0.4, -0.2) is 34.2 Å². The average molecular weight is 275 g/mol. The smallest absolute Gasteiger partial charge is 0.226 e. The summed E-state index contributed by atoms with van der Waals surface area (Å²) in [5, 5.41) is 12.0. The lowest BCUT2D eigenvalue weighted by atomic mass is 10.1. The van der Waals surface area contributed by atoms with Crippen molar-refractivity contribution in [3.8, 4) is 6.07 Å². The molecule has 3 rings (SSSR count). The summed E-state index contributed by atoms with van der Waals surface area (Å²) >= 11 is 0. The van der Waals surface area contributed by atoms with E-state index in [0.717, 1.165) is 5.69 Å². The van der Waals surface area contributed by atoms with E-state index < -0.39 is 10.8 Å². The lowest BCUT2D eigenvalue weighted by Crippen LogP contribution is -2.47. The number of carbonyl (C=O) groups is 1. The summed E-state index contributed by atoms with van der Waals surface area (Å²) in [5.41, 5.74) is 1.93. The largest absolute Gasteiger partial charge is 0.364 e. The highest BCUT2D eigenvalue weighted by atomic mass is 32.2. The summed E-state index contributed by atoms with van der Waals surface area (Å²) in [4.78, 5) is 14.0. The van der Waals surface area contributed by atoms with Crippen molar-refractivity contribution in [2.24, 2.45) is 0 Å². The van der Waals surface area contributed by atoms with E-state index in [1.165, 1.54) is 0 Å². The molecule has 0 aliphatic carbocycles. The highest BCUT2D eigenvalue weighted by molar-refractivity contribution is 7.85. The second kappa shape index (κ2) is 4.67. The first-order valence-electron chi connectivity index (χ1n) is 6.13. The maximum atomic E-state index is 11.9. The Morgan fingerprint density at radius 2 is 2.32 bits per heavy atom. The van der Waals surface area contributed by atoms with Gasteiger partial charge in [0.2, 0.25) is 5.91 Å². The van der Waals surface area contributed by atoms with Crippen LogP contribution in [0.15, 0.2) is 18.2 Å². The maximum Gasteiger partial charge on any atom is 0.226 e. The first-order valence-corrected chi connectivity index (χ1v) is 7.62. The Kier molecular flexibility index (Phi) is 2.99. The molecule has 98 valence electrons. The van der Waals surface area contributed by atoms with Crippen LogP contribution >= 0.6 is 0 Å². The minimum Gasteiger partial charge on any atom is -0.364 e. The minimum absolute atomic E-state index is 0.0372. The van der Waals surface area contributed by atoms with Gasteiger partial charge in [-0.15, -0.1) is 0 Å². The van der Waals surface area contributed by atoms with Crippen molar-refractivity contribution in [3.63, 3.8) is 0 Å². The first-order chi connectivity index (χ1) is 9.19. The standard InChI is InChI=1S/C13H13N3O2S/c14-7-9-2-1-3-11-13(9)15-12(17)6-10-8-19(18)5-4-16(10)11/h1-3,10H,4-6,8H2,(H,15,17). The number of para-hydroxylation sites is 1. The van der Waals surface area contributed by atoms with Crippen molar-refractivity contribution in [2.45, 2.75) is 12.5 Å². The van der Waals surface area contributed by atoms with Crippen LogP contribution in [-0.2, 0) is 15.6 Å². The molecule has 0 spiro atoms. The molecule has 1 aromatic rings. The van der Waals surface area contributed by atoms with Crippen LogP contribution in [0.3, 0.4) is 0 Å². The molecular formula is C13H13N3O2S. The third-order valence-electron chi connectivity index (χ3n) is 3.54. The van der Waals surface area contributed by atoms with E-state index in [2.05, 4.69) is 16.3 Å². The summed E-state index contributed by atoms with van der Waals surface area (Å²) in [7, 11) is -0.852. The fourth-order valence-corrected chi connectivity index (χ4v) is 3.96. The summed E-state index contributed by atoms with van der Waals surface area (Å²) < 4.78 is 11.7. The number of anilines is 2. The lowest BCUT2D eigenvalue weighted by Gasteiger charge is -2.35. The SMILES string of the molecule is N#Cc1cccc2c1NC(=O)CC1CS(=O)CCN21. The monoisotopic (exact) mass is 275 g/mol. The van der Waals surface area contributed by atoms with Gasteiger partial charge >= 0.3 is 0 Å². The van der Waals surface area contributed by atoms with Crippen molar-refractivity contribution >= 4 is 28.1 Å². The molecule has 1 fully saturated rings. The summed E-state index contributed by atoms with van der Waals surface area (Å²) in [6.45, 7) is 0.661. The molecule has 1 saturated heterocycles. The van der Waals surface area contributed by atoms with Crippen LogP contribution in [0.5, 0.6) is 0 Å². The summed E-state index contributed by atoms with van der Waals surface area (Å²) in [5.74, 6) is 1.01. The molecule has 2 unspecified atom stereocenters. The van der Waals surface area contributed by atoms with Crippen LogP contribution in [0.4, 0.5) is 11.4 Å². The number of nitriles is 1. The van der Waals surface area contributed by atoms with Gasteiger partial charge in [-0.05, 0) is 12.1 Å². The Bertz CT molecular complexity index is 608. The molecule has 1 aromatic carbocycles. The number of fused-ring (bicyclic) bond motifs is 3. The Hall–Kier alpha value is -1.87. The van der Waals surface area contributed by atoms with Crippen LogP contribution in [0.2, 0.25) is 0 Å². The number of hydrogen-bond donors (Lipinski definition) is 1. The van der Waals surface area contributed by atoms with Crippen molar-refractivity contribution in [2.75, 3.05) is 28.3 Å². The number of rotatable bonds is 0. The second-order valence-corrected chi connectivity index (χ2v) is 6.34. The summed E-state index contributed by atoms with van der Waals surface area (Å²) in [6, 6.07) is 7.49. The molecule has 0 saturated carbocycles. The molecule has 1 N–H and O–H groups in total. The molecule has 2 heterocycles. The fourth-order valence-electron chi connectivity index (χ4n) is 2.67. The Labute approximate surface area is 113 Å². The molecule has 0 aromatic heterocycles. The van der Waals surface area contributed by atoms with E-state index in [-0.39, 0.29) is 11.9 Å². The van der Waals surface area contributed by atoms with E-state index >= 15 is 0 Å². The predicted octanol–water partition coefficient (Wildman–Crippen LogP) is 0.838. The Morgan fingerprint density at radius 1 is 1.47 bits per heavy atom. The topological polar surface area (TPSA) is 73.2 Å². The Balaban J connectivity index is 2.11. The molecule has 2 atom stereocenters. The van der Waals surface area contributed by atoms with Gasteiger partial charge in [0.05, 0.1) is 16.9 Å². The summed E-state index contributed by atoms with van der Waals surface area (Å²) in [6.07, 6.45) is 0.325. The van der Waals surface area contributed by atoms with Crippen LogP contribution < -0.4 is 10.2 Å². The zero-order valence-corrected chi connectivity index (χ0v) is 11.1. The third-order valence-corrected chi connectivity index (χ3v) is 4.93. The molecular weight excluding hydrogens is 262 g/mol. The van der Waals surface area contributed by atoms with E-state index in [1.807, 2.05) is 12.1 Å². The van der Waals surface area contributed by atoms with E-state index in [1.54, 1.807) is 6.07 Å². The molecule has 1 amide bonds. The molecule has 0 radical (unpaired) electrons. The zero-order chi connectivity index (χ0) is 13.4. The Morgan fingerprint density at radius 3 is 3.11 bits per heavy atom. The van der Waals surface area contributed by atoms with Gasteiger partial charge in [-0.25, -0.2) is 0 Å². The highest BCUT2D eigenvalue weighted by Crippen LogP contribution is 2.35. The van der Waals surface area contributed by atoms with Gasteiger partial charge in [0, 0.05) is 41.3 Å². The fraction of sp³-hybridized carbons (Fsp3) is 0.385. The van der Waals surface area contributed by atoms with Gasteiger partial charge in [0.25, 0.3) is 0 Å². The normalized spacial score (nSPS) is 25.6. The van der Waals surface area contributed by atoms with Gasteiger partial charge < -0.3 is 10.2 Å². The van der Waals surface area contributed by atoms with Crippen molar-refractivity contribution in [3.05, 3.63) is 23.8 Å².